The Morgan fingerprint density at radius 1 is 1.00 bits per heavy atom. The Kier molecular flexibility index (Phi) is 12.1. The molecule has 0 fully saturated rings. The zero-order valence-corrected chi connectivity index (χ0v) is 16.9. The summed E-state index contributed by atoms with van der Waals surface area (Å²) < 4.78 is 18.9. The molecule has 7 heteroatoms. The van der Waals surface area contributed by atoms with Gasteiger partial charge in [-0.2, -0.15) is 0 Å². The number of aldehydes is 1. The van der Waals surface area contributed by atoms with E-state index in [9.17, 15) is 4.79 Å². The number of aliphatic hydroxyl groups excluding tert-OH is 1. The Balaban J connectivity index is 0.000000360. The molecule has 2 rings (SSSR count). The van der Waals surface area contributed by atoms with Gasteiger partial charge in [0.1, 0.15) is 6.29 Å². The molecule has 4 nitrogen and oxygen atoms in total. The molecule has 0 unspecified atom stereocenters. The summed E-state index contributed by atoms with van der Waals surface area (Å²) in [5, 5.41) is 8.82. The van der Waals surface area contributed by atoms with Crippen LogP contribution in [0.2, 0.25) is 0 Å². The molecule has 0 saturated heterocycles. The van der Waals surface area contributed by atoms with Gasteiger partial charge in [0.2, 0.25) is 0 Å². The molecule has 0 heterocycles. The van der Waals surface area contributed by atoms with Crippen LogP contribution >= 0.6 is 31.9 Å². The summed E-state index contributed by atoms with van der Waals surface area (Å²) in [5.41, 5.74) is 3.84. The second kappa shape index (κ2) is 12.6. The van der Waals surface area contributed by atoms with Gasteiger partial charge in [-0.1, -0.05) is 56.1 Å². The minimum absolute atomic E-state index is 0.116. The van der Waals surface area contributed by atoms with Crippen LogP contribution in [-0.4, -0.2) is 11.4 Å². The molecule has 125 valence electrons. The first-order chi connectivity index (χ1) is 10.9. The van der Waals surface area contributed by atoms with E-state index in [-0.39, 0.29) is 6.61 Å². The van der Waals surface area contributed by atoms with Crippen molar-refractivity contribution in [2.75, 3.05) is 0 Å². The van der Waals surface area contributed by atoms with Crippen molar-refractivity contribution in [3.8, 4) is 0 Å². The summed E-state index contributed by atoms with van der Waals surface area (Å²) in [6.07, 6.45) is 0.861. The molecule has 0 aromatic heterocycles. The monoisotopic (exact) mass is 485 g/mol. The van der Waals surface area contributed by atoms with E-state index in [0.717, 1.165) is 37.5 Å². The molecule has 0 aliphatic rings. The molecule has 0 aliphatic heterocycles. The van der Waals surface area contributed by atoms with E-state index in [1.807, 2.05) is 44.2 Å². The number of halogens is 2. The number of benzene rings is 2. The number of carbonyl (C=O) groups excluding carboxylic acids is 1. The SMILES string of the molecule is Cc1c(Br)cccc1C=O.Cc1c(Br)cccc1CO.[O]=[Mn]=[O]. The maximum atomic E-state index is 10.4. The molecule has 0 aliphatic carbocycles. The Bertz CT molecular complexity index is 684. The van der Waals surface area contributed by atoms with Crippen LogP contribution in [0.3, 0.4) is 0 Å². The Labute approximate surface area is 158 Å². The zero-order valence-electron chi connectivity index (χ0n) is 12.6. The number of hydrogen-bond acceptors (Lipinski definition) is 4. The van der Waals surface area contributed by atoms with Crippen molar-refractivity contribution in [1.29, 1.82) is 0 Å². The average Bonchev–Trinajstić information content (AvgIpc) is 2.54. The summed E-state index contributed by atoms with van der Waals surface area (Å²) >= 11 is 5.27. The molecule has 2 aromatic rings. The Hall–Kier alpha value is -0.851. The molecule has 0 atom stereocenters. The molecular formula is C16H16Br2MnO4. The number of hydrogen-bond donors (Lipinski definition) is 1. The van der Waals surface area contributed by atoms with E-state index in [4.69, 9.17) is 12.8 Å². The summed E-state index contributed by atoms with van der Waals surface area (Å²) in [7, 11) is 0. The topological polar surface area (TPSA) is 71.4 Å². The van der Waals surface area contributed by atoms with E-state index in [0.29, 0.717) is 0 Å². The quantitative estimate of drug-likeness (QED) is 0.498. The Morgan fingerprint density at radius 2 is 1.48 bits per heavy atom. The van der Waals surface area contributed by atoms with Crippen molar-refractivity contribution in [1.82, 2.24) is 0 Å². The van der Waals surface area contributed by atoms with Crippen LogP contribution in [0.25, 0.3) is 0 Å². The van der Waals surface area contributed by atoms with Crippen LogP contribution in [0, 0.1) is 13.8 Å². The van der Waals surface area contributed by atoms with Crippen molar-refractivity contribution in [2.45, 2.75) is 20.5 Å². The zero-order chi connectivity index (χ0) is 17.8. The van der Waals surface area contributed by atoms with Crippen LogP contribution < -0.4 is 0 Å². The van der Waals surface area contributed by atoms with E-state index in [1.165, 1.54) is 0 Å². The van der Waals surface area contributed by atoms with Crippen molar-refractivity contribution in [3.05, 3.63) is 67.6 Å². The van der Waals surface area contributed by atoms with E-state index in [2.05, 4.69) is 31.9 Å². The van der Waals surface area contributed by atoms with Gasteiger partial charge in [0, 0.05) is 14.5 Å². The molecule has 0 bridgehead atoms. The van der Waals surface area contributed by atoms with Crippen LogP contribution in [0.4, 0.5) is 0 Å². The summed E-state index contributed by atoms with van der Waals surface area (Å²) in [6.45, 7) is 4.01. The van der Waals surface area contributed by atoms with Gasteiger partial charge in [0.15, 0.2) is 0 Å². The van der Waals surface area contributed by atoms with Crippen LogP contribution in [-0.2, 0) is 29.1 Å². The number of carbonyl (C=O) groups is 1. The summed E-state index contributed by atoms with van der Waals surface area (Å²) in [6, 6.07) is 11.4. The summed E-state index contributed by atoms with van der Waals surface area (Å²) in [4.78, 5) is 10.4. The molecule has 2 aromatic carbocycles. The van der Waals surface area contributed by atoms with Gasteiger partial charge in [-0.3, -0.25) is 4.79 Å². The molecule has 0 radical (unpaired) electrons. The third kappa shape index (κ3) is 7.99. The van der Waals surface area contributed by atoms with Gasteiger partial charge in [-0.25, -0.2) is 0 Å². The van der Waals surface area contributed by atoms with Crippen LogP contribution in [0.5, 0.6) is 0 Å². The van der Waals surface area contributed by atoms with Crippen molar-refractivity contribution >= 4 is 38.1 Å². The first-order valence-electron chi connectivity index (χ1n) is 6.37. The van der Waals surface area contributed by atoms with Crippen molar-refractivity contribution < 1.29 is 32.4 Å². The normalized spacial score (nSPS) is 8.91. The van der Waals surface area contributed by atoms with Gasteiger partial charge in [-0.05, 0) is 42.7 Å². The van der Waals surface area contributed by atoms with Crippen LogP contribution in [0.1, 0.15) is 27.0 Å². The fourth-order valence-electron chi connectivity index (χ4n) is 1.58. The first-order valence-corrected chi connectivity index (χ1v) is 8.92. The van der Waals surface area contributed by atoms with Gasteiger partial charge < -0.3 is 5.11 Å². The molecule has 0 spiro atoms. The van der Waals surface area contributed by atoms with E-state index >= 15 is 0 Å². The third-order valence-corrected chi connectivity index (χ3v) is 4.70. The first kappa shape index (κ1) is 22.1. The fourth-order valence-corrected chi connectivity index (χ4v) is 2.36. The number of aliphatic hydroxyl groups is 1. The second-order valence-corrected chi connectivity index (χ2v) is 6.22. The third-order valence-electron chi connectivity index (χ3n) is 2.99. The van der Waals surface area contributed by atoms with Gasteiger partial charge >= 0.3 is 22.5 Å². The molecule has 23 heavy (non-hydrogen) atoms. The Morgan fingerprint density at radius 3 is 1.87 bits per heavy atom. The predicted octanol–water partition coefficient (Wildman–Crippen LogP) is 4.58. The van der Waals surface area contributed by atoms with Crippen molar-refractivity contribution in [3.63, 3.8) is 0 Å². The molecule has 0 saturated carbocycles. The van der Waals surface area contributed by atoms with Gasteiger partial charge in [-0.15, -0.1) is 0 Å². The number of rotatable bonds is 2. The van der Waals surface area contributed by atoms with Crippen molar-refractivity contribution in [2.24, 2.45) is 0 Å². The second-order valence-electron chi connectivity index (χ2n) is 4.32. The fraction of sp³-hybridized carbons (Fsp3) is 0.188. The standard InChI is InChI=1S/C8H9BrO.C8H7BrO.Mn.2O/c2*1-6-7(5-10)3-2-4-8(6)9;;;/h2-4,10H,5H2,1H3;2-5H,1H3;;;. The molecule has 0 amide bonds. The van der Waals surface area contributed by atoms with Crippen LogP contribution in [0.15, 0.2) is 45.3 Å². The molecular weight excluding hydrogens is 471 g/mol. The predicted molar refractivity (Wildman–Crippen MR) is 90.4 cm³/mol. The van der Waals surface area contributed by atoms with Gasteiger partial charge in [0.05, 0.1) is 6.61 Å². The van der Waals surface area contributed by atoms with E-state index < -0.39 is 14.8 Å². The molecule has 1 N–H and O–H groups in total. The summed E-state index contributed by atoms with van der Waals surface area (Å²) in [5.74, 6) is 0. The van der Waals surface area contributed by atoms with E-state index in [1.54, 1.807) is 6.07 Å². The van der Waals surface area contributed by atoms with Gasteiger partial charge in [0.25, 0.3) is 0 Å². The minimum atomic E-state index is -1.44. The maximum absolute atomic E-state index is 10.4. The average molecular weight is 487 g/mol.